The number of aromatic nitrogens is 1. The minimum absolute atomic E-state index is 0.0554. The molecule has 0 bridgehead atoms. The maximum absolute atomic E-state index is 12.1. The molecule has 1 aromatic rings. The maximum Gasteiger partial charge on any atom is 0.226 e. The summed E-state index contributed by atoms with van der Waals surface area (Å²) in [7, 11) is 0. The molecule has 1 unspecified atom stereocenters. The molecule has 0 radical (unpaired) electrons. The average molecular weight is 337 g/mol. The van der Waals surface area contributed by atoms with Crippen LogP contribution in [0.4, 0.5) is 5.13 Å². The van der Waals surface area contributed by atoms with Gasteiger partial charge in [0.1, 0.15) is 0 Å². The molecule has 1 aliphatic carbocycles. The number of amides is 1. The fourth-order valence-electron chi connectivity index (χ4n) is 3.82. The summed E-state index contributed by atoms with van der Waals surface area (Å²) < 4.78 is 0. The van der Waals surface area contributed by atoms with Crippen LogP contribution in [-0.2, 0) is 11.3 Å². The summed E-state index contributed by atoms with van der Waals surface area (Å²) in [6.07, 6.45) is 6.40. The van der Waals surface area contributed by atoms with Crippen LogP contribution in [0.5, 0.6) is 0 Å². The first-order valence-corrected chi connectivity index (χ1v) is 9.70. The van der Waals surface area contributed by atoms with Gasteiger partial charge in [-0.05, 0) is 44.1 Å². The Labute approximate surface area is 142 Å². The van der Waals surface area contributed by atoms with Gasteiger partial charge in [-0.3, -0.25) is 9.69 Å². The first kappa shape index (κ1) is 16.9. The van der Waals surface area contributed by atoms with Crippen molar-refractivity contribution in [2.45, 2.75) is 58.0 Å². The van der Waals surface area contributed by atoms with Crippen LogP contribution in [-0.4, -0.2) is 34.9 Å². The van der Waals surface area contributed by atoms with Crippen LogP contribution in [0, 0.1) is 11.8 Å². The highest BCUT2D eigenvalue weighted by Crippen LogP contribution is 2.27. The van der Waals surface area contributed by atoms with Crippen molar-refractivity contribution >= 4 is 22.4 Å². The molecule has 0 spiro atoms. The number of hydrogen-bond donors (Lipinski definition) is 2. The predicted octanol–water partition coefficient (Wildman–Crippen LogP) is 2.83. The van der Waals surface area contributed by atoms with Gasteiger partial charge in [-0.25, -0.2) is 4.98 Å². The molecule has 1 aliphatic heterocycles. The third-order valence-electron chi connectivity index (χ3n) is 5.09. The normalized spacial score (nSPS) is 28.9. The number of hydrogen-bond acceptors (Lipinski definition) is 5. The SMILES string of the molecule is CC1CCCN(Cc2csc(NC(=O)C[C@@H]3CCC[C@H]3N)n2)C1. The Balaban J connectivity index is 1.47. The van der Waals surface area contributed by atoms with E-state index in [1.165, 1.54) is 24.2 Å². The molecule has 6 heteroatoms. The molecule has 2 fully saturated rings. The van der Waals surface area contributed by atoms with E-state index in [0.29, 0.717) is 12.3 Å². The predicted molar refractivity (Wildman–Crippen MR) is 94.4 cm³/mol. The Bertz CT molecular complexity index is 532. The Kier molecular flexibility index (Phi) is 5.67. The van der Waals surface area contributed by atoms with Gasteiger partial charge in [-0.15, -0.1) is 11.3 Å². The third kappa shape index (κ3) is 4.75. The number of nitrogens with one attached hydrogen (secondary N) is 1. The van der Waals surface area contributed by atoms with Crippen molar-refractivity contribution < 1.29 is 4.79 Å². The van der Waals surface area contributed by atoms with E-state index in [1.807, 2.05) is 0 Å². The second kappa shape index (κ2) is 7.73. The van der Waals surface area contributed by atoms with E-state index >= 15 is 0 Å². The molecule has 3 N–H and O–H groups in total. The number of rotatable bonds is 5. The molecule has 1 amide bonds. The zero-order chi connectivity index (χ0) is 16.2. The number of carbonyl (C=O) groups excluding carboxylic acids is 1. The first-order chi connectivity index (χ1) is 11.1. The molecule has 3 rings (SSSR count). The van der Waals surface area contributed by atoms with Gasteiger partial charge in [0.2, 0.25) is 5.91 Å². The Hall–Kier alpha value is -0.980. The van der Waals surface area contributed by atoms with Crippen LogP contribution in [0.2, 0.25) is 0 Å². The van der Waals surface area contributed by atoms with Crippen molar-refractivity contribution in [2.24, 2.45) is 17.6 Å². The highest BCUT2D eigenvalue weighted by molar-refractivity contribution is 7.13. The lowest BCUT2D eigenvalue weighted by Crippen LogP contribution is -2.33. The number of piperidine rings is 1. The van der Waals surface area contributed by atoms with Crippen molar-refractivity contribution in [3.05, 3.63) is 11.1 Å². The lowest BCUT2D eigenvalue weighted by molar-refractivity contribution is -0.117. The molecule has 1 saturated carbocycles. The van der Waals surface area contributed by atoms with Crippen molar-refractivity contribution in [3.8, 4) is 0 Å². The van der Waals surface area contributed by atoms with Gasteiger partial charge in [-0.1, -0.05) is 13.3 Å². The van der Waals surface area contributed by atoms with Gasteiger partial charge in [0.25, 0.3) is 0 Å². The first-order valence-electron chi connectivity index (χ1n) is 8.82. The summed E-state index contributed by atoms with van der Waals surface area (Å²) in [6, 6.07) is 0.189. The monoisotopic (exact) mass is 336 g/mol. The molecule has 0 aromatic carbocycles. The summed E-state index contributed by atoms with van der Waals surface area (Å²) in [5.41, 5.74) is 7.11. The van der Waals surface area contributed by atoms with Crippen LogP contribution in [0.3, 0.4) is 0 Å². The maximum atomic E-state index is 12.1. The highest BCUT2D eigenvalue weighted by Gasteiger charge is 2.26. The van der Waals surface area contributed by atoms with E-state index in [4.69, 9.17) is 5.73 Å². The van der Waals surface area contributed by atoms with Crippen molar-refractivity contribution in [1.29, 1.82) is 0 Å². The minimum Gasteiger partial charge on any atom is -0.327 e. The van der Waals surface area contributed by atoms with Crippen LogP contribution in [0.15, 0.2) is 5.38 Å². The number of carbonyl (C=O) groups is 1. The van der Waals surface area contributed by atoms with E-state index in [9.17, 15) is 4.79 Å². The molecular formula is C17H28N4OS. The quantitative estimate of drug-likeness (QED) is 0.867. The summed E-state index contributed by atoms with van der Waals surface area (Å²) in [5.74, 6) is 1.17. The summed E-state index contributed by atoms with van der Waals surface area (Å²) in [6.45, 7) is 5.51. The topological polar surface area (TPSA) is 71.2 Å². The van der Waals surface area contributed by atoms with E-state index in [-0.39, 0.29) is 11.9 Å². The zero-order valence-corrected chi connectivity index (χ0v) is 14.8. The number of nitrogens with two attached hydrogens (primary N) is 1. The number of likely N-dealkylation sites (tertiary alicyclic amines) is 1. The van der Waals surface area contributed by atoms with Gasteiger partial charge in [0.05, 0.1) is 5.69 Å². The number of anilines is 1. The Morgan fingerprint density at radius 1 is 1.43 bits per heavy atom. The summed E-state index contributed by atoms with van der Waals surface area (Å²) >= 11 is 1.52. The molecule has 5 nitrogen and oxygen atoms in total. The number of thiazole rings is 1. The minimum atomic E-state index is 0.0554. The molecule has 1 aromatic heterocycles. The highest BCUT2D eigenvalue weighted by atomic mass is 32.1. The van der Waals surface area contributed by atoms with E-state index in [2.05, 4.69) is 27.5 Å². The van der Waals surface area contributed by atoms with E-state index in [0.717, 1.165) is 55.6 Å². The molecule has 2 heterocycles. The smallest absolute Gasteiger partial charge is 0.226 e. The van der Waals surface area contributed by atoms with Gasteiger partial charge in [0, 0.05) is 30.9 Å². The van der Waals surface area contributed by atoms with E-state index in [1.54, 1.807) is 0 Å². The summed E-state index contributed by atoms with van der Waals surface area (Å²) in [4.78, 5) is 19.2. The Morgan fingerprint density at radius 2 is 2.30 bits per heavy atom. The molecule has 23 heavy (non-hydrogen) atoms. The molecule has 2 aliphatic rings. The molecule has 128 valence electrons. The second-order valence-corrected chi connectivity index (χ2v) is 8.09. The van der Waals surface area contributed by atoms with Crippen LogP contribution in [0.1, 0.15) is 51.1 Å². The zero-order valence-electron chi connectivity index (χ0n) is 14.0. The van der Waals surface area contributed by atoms with Crippen LogP contribution < -0.4 is 11.1 Å². The summed E-state index contributed by atoms with van der Waals surface area (Å²) in [5, 5.41) is 5.74. The van der Waals surface area contributed by atoms with Crippen LogP contribution >= 0.6 is 11.3 Å². The lowest BCUT2D eigenvalue weighted by atomic mass is 10.00. The van der Waals surface area contributed by atoms with Crippen molar-refractivity contribution in [1.82, 2.24) is 9.88 Å². The molecular weight excluding hydrogens is 308 g/mol. The Morgan fingerprint density at radius 3 is 3.04 bits per heavy atom. The largest absolute Gasteiger partial charge is 0.327 e. The van der Waals surface area contributed by atoms with Crippen molar-refractivity contribution in [3.63, 3.8) is 0 Å². The number of nitrogens with zero attached hydrogens (tertiary/aromatic N) is 2. The van der Waals surface area contributed by atoms with Gasteiger partial charge < -0.3 is 11.1 Å². The molecule has 1 saturated heterocycles. The van der Waals surface area contributed by atoms with E-state index < -0.39 is 0 Å². The fraction of sp³-hybridized carbons (Fsp3) is 0.765. The van der Waals surface area contributed by atoms with Gasteiger partial charge >= 0.3 is 0 Å². The fourth-order valence-corrected chi connectivity index (χ4v) is 4.54. The van der Waals surface area contributed by atoms with Gasteiger partial charge in [-0.2, -0.15) is 0 Å². The van der Waals surface area contributed by atoms with Crippen molar-refractivity contribution in [2.75, 3.05) is 18.4 Å². The molecule has 3 atom stereocenters. The second-order valence-electron chi connectivity index (χ2n) is 7.23. The third-order valence-corrected chi connectivity index (χ3v) is 5.90. The standard InChI is InChI=1S/C17H28N4OS/c1-12-4-3-7-21(9-12)10-14-11-23-17(19-14)20-16(22)8-13-5-2-6-15(13)18/h11-13,15H,2-10,18H2,1H3,(H,19,20,22)/t12?,13-,15+/m0/s1. The van der Waals surface area contributed by atoms with Crippen LogP contribution in [0.25, 0.3) is 0 Å². The average Bonchev–Trinajstić information content (AvgIpc) is 3.09. The van der Waals surface area contributed by atoms with Gasteiger partial charge in [0.15, 0.2) is 5.13 Å². The lowest BCUT2D eigenvalue weighted by Gasteiger charge is -2.30.